The molecule has 148 valence electrons. The Balaban J connectivity index is 1.97. The maximum atomic E-state index is 12.5. The second kappa shape index (κ2) is 8.25. The first kappa shape index (κ1) is 19.6. The van der Waals surface area contributed by atoms with Crippen molar-refractivity contribution >= 4 is 16.9 Å². The number of aryl methyl sites for hydroxylation is 2. The standard InChI is InChI=1S/C22H25NO5/c1-5-28-22(25)21-14(2)23(18-8-7-16(24)13-17(18)21)11-10-15-6-9-19(26-3)20(12-15)27-4/h6-9,12-13,24H,5,10-11H2,1-4H3. The molecule has 0 aliphatic rings. The zero-order valence-electron chi connectivity index (χ0n) is 16.6. The number of carbonyl (C=O) groups is 1. The van der Waals surface area contributed by atoms with Crippen LogP contribution in [0.1, 0.15) is 28.5 Å². The van der Waals surface area contributed by atoms with Crippen molar-refractivity contribution in [1.82, 2.24) is 4.57 Å². The molecule has 0 fully saturated rings. The van der Waals surface area contributed by atoms with Crippen LogP contribution in [-0.4, -0.2) is 36.5 Å². The number of nitrogens with zero attached hydrogens (tertiary/aromatic N) is 1. The van der Waals surface area contributed by atoms with Crippen molar-refractivity contribution in [2.45, 2.75) is 26.8 Å². The maximum absolute atomic E-state index is 12.5. The van der Waals surface area contributed by atoms with E-state index in [9.17, 15) is 9.90 Å². The van der Waals surface area contributed by atoms with E-state index in [0.29, 0.717) is 35.6 Å². The molecule has 0 aliphatic heterocycles. The zero-order valence-corrected chi connectivity index (χ0v) is 16.6. The van der Waals surface area contributed by atoms with Gasteiger partial charge < -0.3 is 23.9 Å². The molecular weight excluding hydrogens is 358 g/mol. The first-order valence-corrected chi connectivity index (χ1v) is 9.20. The molecule has 3 aromatic rings. The van der Waals surface area contributed by atoms with Crippen molar-refractivity contribution in [3.8, 4) is 17.2 Å². The Bertz CT molecular complexity index is 1010. The summed E-state index contributed by atoms with van der Waals surface area (Å²) in [5.74, 6) is 1.12. The number of phenolic OH excluding ortho intramolecular Hbond substituents is 1. The summed E-state index contributed by atoms with van der Waals surface area (Å²) in [6.07, 6.45) is 0.744. The first-order valence-electron chi connectivity index (χ1n) is 9.20. The van der Waals surface area contributed by atoms with Gasteiger partial charge in [-0.3, -0.25) is 0 Å². The molecule has 0 saturated heterocycles. The van der Waals surface area contributed by atoms with E-state index in [2.05, 4.69) is 4.57 Å². The van der Waals surface area contributed by atoms with E-state index in [1.54, 1.807) is 33.3 Å². The van der Waals surface area contributed by atoms with Gasteiger partial charge in [-0.2, -0.15) is 0 Å². The van der Waals surface area contributed by atoms with E-state index in [-0.39, 0.29) is 11.7 Å². The summed E-state index contributed by atoms with van der Waals surface area (Å²) in [4.78, 5) is 12.5. The number of carbonyl (C=O) groups excluding carboxylic acids is 1. The van der Waals surface area contributed by atoms with Crippen LogP contribution in [0.2, 0.25) is 0 Å². The van der Waals surface area contributed by atoms with Crippen LogP contribution in [0.5, 0.6) is 17.2 Å². The summed E-state index contributed by atoms with van der Waals surface area (Å²) in [5.41, 5.74) is 3.30. The quantitative estimate of drug-likeness (QED) is 0.622. The maximum Gasteiger partial charge on any atom is 0.340 e. The van der Waals surface area contributed by atoms with Crippen LogP contribution in [-0.2, 0) is 17.7 Å². The van der Waals surface area contributed by atoms with Gasteiger partial charge in [0.1, 0.15) is 5.75 Å². The lowest BCUT2D eigenvalue weighted by Gasteiger charge is -2.12. The molecule has 0 radical (unpaired) electrons. The third kappa shape index (κ3) is 3.63. The minimum Gasteiger partial charge on any atom is -0.508 e. The van der Waals surface area contributed by atoms with Gasteiger partial charge in [-0.15, -0.1) is 0 Å². The topological polar surface area (TPSA) is 69.9 Å². The van der Waals surface area contributed by atoms with Gasteiger partial charge in [-0.1, -0.05) is 6.07 Å². The van der Waals surface area contributed by atoms with Crippen molar-refractivity contribution in [2.24, 2.45) is 0 Å². The van der Waals surface area contributed by atoms with Crippen LogP contribution >= 0.6 is 0 Å². The third-order valence-corrected chi connectivity index (χ3v) is 4.86. The van der Waals surface area contributed by atoms with Crippen LogP contribution in [0.3, 0.4) is 0 Å². The van der Waals surface area contributed by atoms with Gasteiger partial charge in [0.15, 0.2) is 11.5 Å². The Hall–Kier alpha value is -3.15. The predicted octanol–water partition coefficient (Wildman–Crippen LogP) is 4.09. The Labute approximate surface area is 164 Å². The molecule has 0 aliphatic carbocycles. The molecule has 0 atom stereocenters. The van der Waals surface area contributed by atoms with Crippen LogP contribution < -0.4 is 9.47 Å². The number of fused-ring (bicyclic) bond motifs is 1. The van der Waals surface area contributed by atoms with Crippen molar-refractivity contribution in [1.29, 1.82) is 0 Å². The zero-order chi connectivity index (χ0) is 20.3. The number of esters is 1. The molecule has 0 amide bonds. The summed E-state index contributed by atoms with van der Waals surface area (Å²) in [7, 11) is 3.22. The van der Waals surface area contributed by atoms with E-state index in [1.807, 2.05) is 31.2 Å². The van der Waals surface area contributed by atoms with Gasteiger partial charge in [0.2, 0.25) is 0 Å². The molecule has 6 heteroatoms. The van der Waals surface area contributed by atoms with Gasteiger partial charge in [-0.05, 0) is 56.2 Å². The second-order valence-corrected chi connectivity index (χ2v) is 6.47. The number of aromatic nitrogens is 1. The number of hydrogen-bond acceptors (Lipinski definition) is 5. The Morgan fingerprint density at radius 2 is 1.82 bits per heavy atom. The lowest BCUT2D eigenvalue weighted by molar-refractivity contribution is 0.0527. The van der Waals surface area contributed by atoms with Crippen LogP contribution in [0.25, 0.3) is 10.9 Å². The monoisotopic (exact) mass is 383 g/mol. The Morgan fingerprint density at radius 1 is 1.07 bits per heavy atom. The summed E-state index contributed by atoms with van der Waals surface area (Å²) in [5, 5.41) is 10.6. The number of ether oxygens (including phenoxy) is 3. The fourth-order valence-corrected chi connectivity index (χ4v) is 3.50. The molecule has 28 heavy (non-hydrogen) atoms. The Morgan fingerprint density at radius 3 is 2.50 bits per heavy atom. The summed E-state index contributed by atoms with van der Waals surface area (Å²) in [6.45, 7) is 4.65. The summed E-state index contributed by atoms with van der Waals surface area (Å²) < 4.78 is 18.0. The molecule has 0 unspecified atom stereocenters. The molecule has 0 saturated carbocycles. The molecule has 1 N–H and O–H groups in total. The van der Waals surface area contributed by atoms with Crippen molar-refractivity contribution in [3.05, 3.63) is 53.2 Å². The molecule has 1 aromatic heterocycles. The molecule has 0 bridgehead atoms. The number of rotatable bonds is 7. The van der Waals surface area contributed by atoms with Gasteiger partial charge in [0.25, 0.3) is 0 Å². The Kier molecular flexibility index (Phi) is 5.78. The van der Waals surface area contributed by atoms with Gasteiger partial charge in [0.05, 0.1) is 26.4 Å². The molecule has 3 rings (SSSR count). The minimum atomic E-state index is -0.375. The number of aromatic hydroxyl groups is 1. The van der Waals surface area contributed by atoms with Gasteiger partial charge >= 0.3 is 5.97 Å². The highest BCUT2D eigenvalue weighted by atomic mass is 16.5. The normalized spacial score (nSPS) is 10.9. The fraction of sp³-hybridized carbons (Fsp3) is 0.318. The van der Waals surface area contributed by atoms with Crippen molar-refractivity contribution in [3.63, 3.8) is 0 Å². The highest BCUT2D eigenvalue weighted by molar-refractivity contribution is 6.06. The number of benzene rings is 2. The first-order chi connectivity index (χ1) is 13.5. The molecule has 6 nitrogen and oxygen atoms in total. The average molecular weight is 383 g/mol. The lowest BCUT2D eigenvalue weighted by atomic mass is 10.1. The third-order valence-electron chi connectivity index (χ3n) is 4.86. The van der Waals surface area contributed by atoms with Crippen LogP contribution in [0.4, 0.5) is 0 Å². The molecule has 0 spiro atoms. The van der Waals surface area contributed by atoms with E-state index in [4.69, 9.17) is 14.2 Å². The highest BCUT2D eigenvalue weighted by Gasteiger charge is 2.21. The SMILES string of the molecule is CCOC(=O)c1c(C)n(CCc2ccc(OC)c(OC)c2)c2ccc(O)cc12. The van der Waals surface area contributed by atoms with Crippen molar-refractivity contribution < 1.29 is 24.1 Å². The van der Waals surface area contributed by atoms with Crippen LogP contribution in [0, 0.1) is 6.92 Å². The van der Waals surface area contributed by atoms with Crippen molar-refractivity contribution in [2.75, 3.05) is 20.8 Å². The van der Waals surface area contributed by atoms with E-state index >= 15 is 0 Å². The molecule has 2 aromatic carbocycles. The van der Waals surface area contributed by atoms with E-state index < -0.39 is 0 Å². The highest BCUT2D eigenvalue weighted by Crippen LogP contribution is 2.31. The number of hydrogen-bond donors (Lipinski definition) is 1. The largest absolute Gasteiger partial charge is 0.508 e. The molecule has 1 heterocycles. The average Bonchev–Trinajstić information content (AvgIpc) is 2.96. The van der Waals surface area contributed by atoms with Gasteiger partial charge in [0, 0.05) is 23.1 Å². The lowest BCUT2D eigenvalue weighted by Crippen LogP contribution is -2.08. The van der Waals surface area contributed by atoms with Crippen LogP contribution in [0.15, 0.2) is 36.4 Å². The smallest absolute Gasteiger partial charge is 0.340 e. The predicted molar refractivity (Wildman–Crippen MR) is 108 cm³/mol. The second-order valence-electron chi connectivity index (χ2n) is 6.47. The number of phenols is 1. The van der Waals surface area contributed by atoms with E-state index in [1.165, 1.54) is 0 Å². The number of methoxy groups -OCH3 is 2. The molecular formula is C22H25NO5. The minimum absolute atomic E-state index is 0.120. The summed E-state index contributed by atoms with van der Waals surface area (Å²) >= 11 is 0. The van der Waals surface area contributed by atoms with Gasteiger partial charge in [-0.25, -0.2) is 4.79 Å². The summed E-state index contributed by atoms with van der Waals surface area (Å²) in [6, 6.07) is 10.9. The fourth-order valence-electron chi connectivity index (χ4n) is 3.50. The van der Waals surface area contributed by atoms with E-state index in [0.717, 1.165) is 23.2 Å².